The monoisotopic (exact) mass is 1420 g/mol. The predicted molar refractivity (Wildman–Crippen MR) is 459 cm³/mol. The molecule has 0 N–H and O–H groups in total. The number of hydrogen-bond acceptors (Lipinski definition) is 7. The highest BCUT2D eigenvalue weighted by molar-refractivity contribution is 6.37. The van der Waals surface area contributed by atoms with Crippen LogP contribution in [0.4, 0.5) is 45.5 Å². The fourth-order valence-electron chi connectivity index (χ4n) is 20.8. The van der Waals surface area contributed by atoms with Gasteiger partial charge in [0.1, 0.15) is 33.4 Å². The van der Waals surface area contributed by atoms with Crippen molar-refractivity contribution in [2.24, 2.45) is 0 Å². The van der Waals surface area contributed by atoms with E-state index in [4.69, 9.17) is 17.7 Å². The van der Waals surface area contributed by atoms with Gasteiger partial charge in [-0.15, -0.1) is 0 Å². The van der Waals surface area contributed by atoms with Crippen LogP contribution in [0.2, 0.25) is 0 Å². The Kier molecular flexibility index (Phi) is 11.0. The molecule has 9 nitrogen and oxygen atoms in total. The summed E-state index contributed by atoms with van der Waals surface area (Å²) >= 11 is 0. The van der Waals surface area contributed by atoms with Crippen molar-refractivity contribution in [2.75, 3.05) is 14.7 Å². The lowest BCUT2D eigenvalue weighted by Crippen LogP contribution is -2.25. The third-order valence-electron chi connectivity index (χ3n) is 25.4. The Hall–Kier alpha value is -14.5. The molecule has 24 aromatic rings. The second-order valence-electron chi connectivity index (χ2n) is 30.9. The van der Waals surface area contributed by atoms with Crippen LogP contribution in [0.15, 0.2) is 327 Å². The summed E-state index contributed by atoms with van der Waals surface area (Å²) in [5.41, 5.74) is 30.2. The van der Waals surface area contributed by atoms with Gasteiger partial charge in [0.15, 0.2) is 22.3 Å². The van der Waals surface area contributed by atoms with Gasteiger partial charge in [0.2, 0.25) is 0 Å². The molecule has 0 amide bonds. The Labute approximate surface area is 631 Å². The number of hydrogen-bond donors (Lipinski definition) is 0. The molecule has 0 fully saturated rings. The number of nitrogens with zero attached hydrogens (tertiary/aromatic N) is 5. The maximum Gasteiger partial charge on any atom is 0.160 e. The van der Waals surface area contributed by atoms with E-state index in [1.807, 2.05) is 6.07 Å². The molecular weight excluding hydrogens is 1360 g/mol. The zero-order chi connectivity index (χ0) is 72.1. The largest absolute Gasteiger partial charge is 0.454 e. The van der Waals surface area contributed by atoms with Crippen molar-refractivity contribution >= 4 is 226 Å². The Morgan fingerprint density at radius 3 is 1.50 bits per heavy atom. The van der Waals surface area contributed by atoms with Crippen LogP contribution in [0, 0.1) is 13.8 Å². The van der Waals surface area contributed by atoms with E-state index in [0.29, 0.717) is 5.92 Å². The summed E-state index contributed by atoms with van der Waals surface area (Å²) in [6, 6.07) is 107. The third-order valence-corrected chi connectivity index (χ3v) is 25.4. The van der Waals surface area contributed by atoms with Crippen LogP contribution < -0.4 is 14.7 Å². The molecule has 2 atom stereocenters. The van der Waals surface area contributed by atoms with Gasteiger partial charge in [0.25, 0.3) is 0 Å². The van der Waals surface area contributed by atoms with Crippen molar-refractivity contribution in [3.63, 3.8) is 0 Å². The van der Waals surface area contributed by atoms with Crippen LogP contribution >= 0.6 is 0 Å². The lowest BCUT2D eigenvalue weighted by atomic mass is 9.85. The first-order valence-corrected chi connectivity index (χ1v) is 38.4. The fraction of sp³-hybridized carbons (Fsp3) is 0.0392. The van der Waals surface area contributed by atoms with Gasteiger partial charge in [-0.1, -0.05) is 206 Å². The molecule has 2 unspecified atom stereocenters. The Morgan fingerprint density at radius 2 is 0.838 bits per heavy atom. The molecule has 10 heterocycles. The van der Waals surface area contributed by atoms with Gasteiger partial charge < -0.3 is 41.2 Å². The normalized spacial score (nSPS) is 14.9. The van der Waals surface area contributed by atoms with Crippen molar-refractivity contribution in [1.82, 2.24) is 8.80 Å². The first-order chi connectivity index (χ1) is 54.9. The van der Waals surface area contributed by atoms with Crippen molar-refractivity contribution in [3.8, 4) is 11.1 Å². The van der Waals surface area contributed by atoms with Crippen LogP contribution in [-0.2, 0) is 0 Å². The number of allylic oxidation sites excluding steroid dienone is 2. The maximum absolute atomic E-state index is 7.46. The van der Waals surface area contributed by atoms with E-state index in [2.05, 4.69) is 341 Å². The Balaban J connectivity index is 0.691. The van der Waals surface area contributed by atoms with Gasteiger partial charge in [0.05, 0.1) is 56.5 Å². The molecule has 16 aromatic carbocycles. The average molecular weight is 1420 g/mol. The highest BCUT2D eigenvalue weighted by atomic mass is 16.3. The van der Waals surface area contributed by atoms with E-state index in [1.165, 1.54) is 82.5 Å². The molecular formula is C102H59N5O4. The number of para-hydroxylation sites is 10. The van der Waals surface area contributed by atoms with Crippen LogP contribution in [0.1, 0.15) is 28.2 Å². The summed E-state index contributed by atoms with van der Waals surface area (Å²) in [5.74, 6) is 0.338. The molecule has 516 valence electrons. The molecule has 0 bridgehead atoms. The molecule has 1 aliphatic carbocycles. The van der Waals surface area contributed by atoms with Gasteiger partial charge in [-0.05, 0) is 161 Å². The Morgan fingerprint density at radius 1 is 0.306 bits per heavy atom. The lowest BCUT2D eigenvalue weighted by Gasteiger charge is -2.28. The summed E-state index contributed by atoms with van der Waals surface area (Å²) in [7, 11) is 0. The summed E-state index contributed by atoms with van der Waals surface area (Å²) in [5, 5.41) is 19.9. The highest BCUT2D eigenvalue weighted by Crippen LogP contribution is 2.61. The number of aryl methyl sites for hydroxylation is 2. The van der Waals surface area contributed by atoms with Gasteiger partial charge in [0, 0.05) is 115 Å². The smallest absolute Gasteiger partial charge is 0.160 e. The quantitative estimate of drug-likeness (QED) is 0.157. The average Bonchev–Trinajstić information content (AvgIpc) is 1.51. The van der Waals surface area contributed by atoms with E-state index in [9.17, 15) is 0 Å². The van der Waals surface area contributed by atoms with E-state index in [0.717, 1.165) is 177 Å². The summed E-state index contributed by atoms with van der Waals surface area (Å²) in [4.78, 5) is 7.51. The highest BCUT2D eigenvalue weighted by Gasteiger charge is 2.47. The molecule has 2 aliphatic heterocycles. The molecule has 27 rings (SSSR count). The van der Waals surface area contributed by atoms with Crippen molar-refractivity contribution in [2.45, 2.75) is 25.8 Å². The van der Waals surface area contributed by atoms with Gasteiger partial charge in [-0.2, -0.15) is 0 Å². The maximum atomic E-state index is 7.46. The molecule has 0 spiro atoms. The number of rotatable bonds is 7. The Bertz CT molecular complexity index is 8440. The SMILES string of the molecule is Cc1ccccc1N(c1cccc2c1oc1ccccc12)c1cc2c3ccccc3oc2c2c1c1cccc3c4c(N(c5ccccc5C)c5cccc6c5oc5ccc(-c7ccc8c9cc%10cc%11c(cc%10cc9n9c%10ccccc%10c7c89)C7=CC=CC8c9ccccc9N%11C78)cc56)cc5c6ccccc6oc5c4n2c13. The number of anilines is 8. The second-order valence-corrected chi connectivity index (χ2v) is 30.9. The first kappa shape index (κ1) is 58.6. The third kappa shape index (κ3) is 7.37. The second kappa shape index (κ2) is 20.8. The lowest BCUT2D eigenvalue weighted by molar-refractivity contribution is 0.668. The van der Waals surface area contributed by atoms with Crippen LogP contribution in [-0.4, -0.2) is 14.8 Å². The van der Waals surface area contributed by atoms with E-state index in [1.54, 1.807) is 0 Å². The predicted octanol–water partition coefficient (Wildman–Crippen LogP) is 28.5. The first-order valence-electron chi connectivity index (χ1n) is 38.4. The van der Waals surface area contributed by atoms with Gasteiger partial charge in [-0.3, -0.25) is 0 Å². The minimum atomic E-state index is 0.280. The number of benzene rings is 16. The van der Waals surface area contributed by atoms with Crippen molar-refractivity contribution in [3.05, 3.63) is 332 Å². The zero-order valence-electron chi connectivity index (χ0n) is 60.0. The fourth-order valence-corrected chi connectivity index (χ4v) is 20.8. The summed E-state index contributed by atoms with van der Waals surface area (Å²) in [6.45, 7) is 4.42. The minimum absolute atomic E-state index is 0.280. The van der Waals surface area contributed by atoms with Crippen LogP contribution in [0.25, 0.3) is 191 Å². The van der Waals surface area contributed by atoms with Gasteiger partial charge >= 0.3 is 0 Å². The number of aromatic nitrogens is 2. The van der Waals surface area contributed by atoms with Gasteiger partial charge in [-0.25, -0.2) is 0 Å². The molecule has 8 aromatic heterocycles. The van der Waals surface area contributed by atoms with E-state index < -0.39 is 0 Å². The van der Waals surface area contributed by atoms with E-state index in [-0.39, 0.29) is 6.04 Å². The standard InChI is InChI=1S/C102H59N5O4/c1-54-21-3-10-34-77(54)103(81-38-19-30-67-61-24-7-14-40-87(61)108-99(67)81)85-52-75-62-25-8-15-41-88(62)110-101(75)97-92(85)70-32-18-33-71-93-86(53-76-63-26-9-16-42-89(63)111-102(76)98(93)107(97)95(70)71)104(78-35-11-4-22-55(78)2)82-39-20-31-68-74-47-56(43-46-90(74)109-100(68)82)59-44-45-66-73-49-58-50-83-72(65-29-17-28-64-60-23-5-12-36-79(60)105(83)94(64)65)48-57(58)51-84(73)106-80-37-13-6-27-69(80)91(59)96(66)106/h3-53,64,94H,1-2H3. The molecule has 0 saturated carbocycles. The molecule has 0 radical (unpaired) electrons. The summed E-state index contributed by atoms with van der Waals surface area (Å²) < 4.78 is 34.3. The van der Waals surface area contributed by atoms with E-state index >= 15 is 0 Å². The molecule has 3 aliphatic rings. The van der Waals surface area contributed by atoms with Crippen molar-refractivity contribution in [1.29, 1.82) is 0 Å². The molecule has 111 heavy (non-hydrogen) atoms. The molecule has 9 heteroatoms. The van der Waals surface area contributed by atoms with Crippen LogP contribution in [0.5, 0.6) is 0 Å². The summed E-state index contributed by atoms with van der Waals surface area (Å²) in [6.07, 6.45) is 7.02. The zero-order valence-corrected chi connectivity index (χ0v) is 60.0. The number of furan rings is 4. The van der Waals surface area contributed by atoms with Crippen molar-refractivity contribution < 1.29 is 17.7 Å². The van der Waals surface area contributed by atoms with Crippen LogP contribution in [0.3, 0.4) is 0 Å². The molecule has 0 saturated heterocycles. The topological polar surface area (TPSA) is 71.1 Å². The minimum Gasteiger partial charge on any atom is -0.454 e. The number of fused-ring (bicyclic) bond motifs is 33.